The fraction of sp³-hybridized carbons (Fsp3) is 0.500. The summed E-state index contributed by atoms with van der Waals surface area (Å²) in [7, 11) is 0. The Morgan fingerprint density at radius 2 is 2.31 bits per heavy atom. The van der Waals surface area contributed by atoms with Crippen LogP contribution in [-0.2, 0) is 11.3 Å². The first-order chi connectivity index (χ1) is 7.41. The Balaban J connectivity index is 2.42. The minimum Gasteiger partial charge on any atom is -0.481 e. The molecule has 0 aliphatic heterocycles. The second-order valence-electron chi connectivity index (χ2n) is 3.05. The molecule has 8 heteroatoms. The number of carboxylic acid groups (broad SMARTS) is 1. The number of aliphatic carboxylic acids is 1. The van der Waals surface area contributed by atoms with Crippen LogP contribution in [0.4, 0.5) is 13.2 Å². The summed E-state index contributed by atoms with van der Waals surface area (Å²) in [4.78, 5) is 10.3. The molecule has 0 bridgehead atoms. The maximum Gasteiger partial charge on any atom is 0.403 e. The normalized spacial score (nSPS) is 13.7. The molecule has 0 fully saturated rings. The molecule has 0 radical (unpaired) electrons. The molecule has 0 aliphatic rings. The van der Waals surface area contributed by atoms with Gasteiger partial charge in [-0.25, -0.2) is 0 Å². The highest BCUT2D eigenvalue weighted by molar-refractivity contribution is 5.71. The lowest BCUT2D eigenvalue weighted by molar-refractivity contribution is -0.192. The number of halogens is 3. The maximum atomic E-state index is 12.2. The fourth-order valence-electron chi connectivity index (χ4n) is 1.02. The van der Waals surface area contributed by atoms with Gasteiger partial charge in [-0.2, -0.15) is 13.2 Å². The van der Waals surface area contributed by atoms with E-state index in [1.54, 1.807) is 0 Å². The van der Waals surface area contributed by atoms with Crippen molar-refractivity contribution in [2.45, 2.75) is 12.7 Å². The van der Waals surface area contributed by atoms with Gasteiger partial charge in [-0.05, 0) is 0 Å². The summed E-state index contributed by atoms with van der Waals surface area (Å²) < 4.78 is 41.0. The SMILES string of the molecule is O=C(O)C(CNCc1ccon1)C(F)(F)F. The van der Waals surface area contributed by atoms with E-state index < -0.39 is 24.6 Å². The van der Waals surface area contributed by atoms with Gasteiger partial charge in [-0.3, -0.25) is 4.79 Å². The molecule has 0 saturated carbocycles. The van der Waals surface area contributed by atoms with E-state index in [2.05, 4.69) is 15.0 Å². The van der Waals surface area contributed by atoms with Crippen molar-refractivity contribution in [1.82, 2.24) is 10.5 Å². The van der Waals surface area contributed by atoms with Crippen molar-refractivity contribution in [2.75, 3.05) is 6.54 Å². The van der Waals surface area contributed by atoms with Gasteiger partial charge < -0.3 is 14.9 Å². The Kier molecular flexibility index (Phi) is 3.88. The van der Waals surface area contributed by atoms with Gasteiger partial charge in [0.2, 0.25) is 0 Å². The summed E-state index contributed by atoms with van der Waals surface area (Å²) in [6.45, 7) is -0.679. The Morgan fingerprint density at radius 3 is 2.75 bits per heavy atom. The average molecular weight is 238 g/mol. The summed E-state index contributed by atoms with van der Waals surface area (Å²) in [6.07, 6.45) is -3.49. The number of nitrogens with zero attached hydrogens (tertiary/aromatic N) is 1. The van der Waals surface area contributed by atoms with Crippen molar-refractivity contribution in [2.24, 2.45) is 5.92 Å². The molecular formula is C8H9F3N2O3. The topological polar surface area (TPSA) is 75.4 Å². The van der Waals surface area contributed by atoms with Gasteiger partial charge in [0.15, 0.2) is 5.92 Å². The lowest BCUT2D eigenvalue weighted by Gasteiger charge is -2.15. The standard InChI is InChI=1S/C8H9F3N2O3/c9-8(10,11)6(7(14)15)4-12-3-5-1-2-16-13-5/h1-2,6,12H,3-4H2,(H,14,15). The molecule has 0 saturated heterocycles. The number of carbonyl (C=O) groups is 1. The molecule has 1 rings (SSSR count). The monoisotopic (exact) mass is 238 g/mol. The lowest BCUT2D eigenvalue weighted by atomic mass is 10.1. The summed E-state index contributed by atoms with van der Waals surface area (Å²) in [5.41, 5.74) is 0.409. The molecule has 0 aliphatic carbocycles. The van der Waals surface area contributed by atoms with Crippen molar-refractivity contribution in [3.8, 4) is 0 Å². The van der Waals surface area contributed by atoms with Crippen LogP contribution in [0.25, 0.3) is 0 Å². The molecule has 0 spiro atoms. The van der Waals surface area contributed by atoms with Crippen LogP contribution >= 0.6 is 0 Å². The molecule has 1 atom stereocenters. The third-order valence-electron chi connectivity index (χ3n) is 1.84. The molecule has 1 aromatic heterocycles. The highest BCUT2D eigenvalue weighted by atomic mass is 19.4. The lowest BCUT2D eigenvalue weighted by Crippen LogP contribution is -2.38. The van der Waals surface area contributed by atoms with E-state index in [0.717, 1.165) is 0 Å². The molecular weight excluding hydrogens is 229 g/mol. The van der Waals surface area contributed by atoms with Crippen LogP contribution in [0.15, 0.2) is 16.9 Å². The average Bonchev–Trinajstić information content (AvgIpc) is 2.61. The van der Waals surface area contributed by atoms with E-state index in [9.17, 15) is 18.0 Å². The van der Waals surface area contributed by atoms with Crippen molar-refractivity contribution in [1.29, 1.82) is 0 Å². The number of alkyl halides is 3. The zero-order chi connectivity index (χ0) is 12.2. The summed E-state index contributed by atoms with van der Waals surface area (Å²) >= 11 is 0. The first-order valence-corrected chi connectivity index (χ1v) is 4.30. The molecule has 2 N–H and O–H groups in total. The van der Waals surface area contributed by atoms with Crippen molar-refractivity contribution >= 4 is 5.97 Å². The summed E-state index contributed by atoms with van der Waals surface area (Å²) in [5, 5.41) is 14.2. The predicted octanol–water partition coefficient (Wildman–Crippen LogP) is 1.03. The Morgan fingerprint density at radius 1 is 1.62 bits per heavy atom. The minimum atomic E-state index is -4.76. The van der Waals surface area contributed by atoms with Crippen LogP contribution in [0.3, 0.4) is 0 Å². The fourth-order valence-corrected chi connectivity index (χ4v) is 1.02. The summed E-state index contributed by atoms with van der Waals surface area (Å²) in [5.74, 6) is -4.32. The van der Waals surface area contributed by atoms with Gasteiger partial charge in [0.25, 0.3) is 0 Å². The van der Waals surface area contributed by atoms with Gasteiger partial charge in [-0.1, -0.05) is 5.16 Å². The quantitative estimate of drug-likeness (QED) is 0.801. The van der Waals surface area contributed by atoms with Gasteiger partial charge in [0.1, 0.15) is 6.26 Å². The number of carboxylic acids is 1. The van der Waals surface area contributed by atoms with Crippen LogP contribution < -0.4 is 5.32 Å². The first-order valence-electron chi connectivity index (χ1n) is 4.30. The molecule has 16 heavy (non-hydrogen) atoms. The molecule has 90 valence electrons. The zero-order valence-corrected chi connectivity index (χ0v) is 7.99. The second-order valence-corrected chi connectivity index (χ2v) is 3.05. The Labute approximate surface area is 88.2 Å². The third kappa shape index (κ3) is 3.54. The summed E-state index contributed by atoms with van der Waals surface area (Å²) in [6, 6.07) is 1.47. The first kappa shape index (κ1) is 12.5. The van der Waals surface area contributed by atoms with Crippen LogP contribution in [0.2, 0.25) is 0 Å². The highest BCUT2D eigenvalue weighted by Crippen LogP contribution is 2.25. The molecule has 0 aromatic carbocycles. The van der Waals surface area contributed by atoms with E-state index in [4.69, 9.17) is 5.11 Å². The molecule has 0 amide bonds. The second kappa shape index (κ2) is 4.97. The van der Waals surface area contributed by atoms with E-state index in [1.807, 2.05) is 0 Å². The number of hydrogen-bond acceptors (Lipinski definition) is 4. The van der Waals surface area contributed by atoms with Crippen molar-refractivity contribution < 1.29 is 27.6 Å². The highest BCUT2D eigenvalue weighted by Gasteiger charge is 2.44. The van der Waals surface area contributed by atoms with Crippen LogP contribution in [0.5, 0.6) is 0 Å². The Bertz CT molecular complexity index is 337. The van der Waals surface area contributed by atoms with E-state index >= 15 is 0 Å². The van der Waals surface area contributed by atoms with E-state index in [1.165, 1.54) is 12.3 Å². The number of aromatic nitrogens is 1. The van der Waals surface area contributed by atoms with Gasteiger partial charge in [0, 0.05) is 19.2 Å². The third-order valence-corrected chi connectivity index (χ3v) is 1.84. The largest absolute Gasteiger partial charge is 0.481 e. The zero-order valence-electron chi connectivity index (χ0n) is 7.99. The minimum absolute atomic E-state index is 0.0242. The van der Waals surface area contributed by atoms with Gasteiger partial charge in [-0.15, -0.1) is 0 Å². The van der Waals surface area contributed by atoms with Gasteiger partial charge in [0.05, 0.1) is 5.69 Å². The van der Waals surface area contributed by atoms with Crippen molar-refractivity contribution in [3.63, 3.8) is 0 Å². The van der Waals surface area contributed by atoms with Gasteiger partial charge >= 0.3 is 12.1 Å². The van der Waals surface area contributed by atoms with E-state index in [0.29, 0.717) is 5.69 Å². The van der Waals surface area contributed by atoms with E-state index in [-0.39, 0.29) is 6.54 Å². The van der Waals surface area contributed by atoms with Crippen LogP contribution in [-0.4, -0.2) is 29.0 Å². The van der Waals surface area contributed by atoms with Crippen LogP contribution in [0.1, 0.15) is 5.69 Å². The maximum absolute atomic E-state index is 12.2. The number of hydrogen-bond donors (Lipinski definition) is 2. The predicted molar refractivity (Wildman–Crippen MR) is 45.4 cm³/mol. The molecule has 5 nitrogen and oxygen atoms in total. The van der Waals surface area contributed by atoms with Crippen LogP contribution in [0, 0.1) is 5.92 Å². The smallest absolute Gasteiger partial charge is 0.403 e. The number of rotatable bonds is 5. The molecule has 1 aromatic rings. The number of nitrogens with one attached hydrogen (secondary N) is 1. The molecule has 1 heterocycles. The Hall–Kier alpha value is -1.57. The van der Waals surface area contributed by atoms with Crippen molar-refractivity contribution in [3.05, 3.63) is 18.0 Å². The molecule has 1 unspecified atom stereocenters.